The second-order valence-electron chi connectivity index (χ2n) is 9.03. The Morgan fingerprint density at radius 3 is 2.50 bits per heavy atom. The molecule has 2 unspecified atom stereocenters. The Labute approximate surface area is 242 Å². The standard InChI is InChI=1S/C24H26N4O5S.3C2H6/c1-13-3-2-4-18-21(13)27-20(34-18)12-33-24(32)25-10-14-5-6-15-11-28(23(31)16(15)9-14)17-7-8-19(29)26-22(17)30;3*1-2/h5-6,9,13,17H,2-4,7-8,10-12H2,1H3,(H,25,32)(H,26,29,30);3*1-2H3. The number of carbonyl (C=O) groups excluding carboxylic acids is 4. The molecule has 40 heavy (non-hydrogen) atoms. The molecule has 1 aliphatic carbocycles. The van der Waals surface area contributed by atoms with Gasteiger partial charge in [-0.2, -0.15) is 0 Å². The van der Waals surface area contributed by atoms with Gasteiger partial charge >= 0.3 is 6.09 Å². The van der Waals surface area contributed by atoms with Crippen LogP contribution in [0.4, 0.5) is 4.79 Å². The molecule has 5 rings (SSSR count). The van der Waals surface area contributed by atoms with E-state index in [4.69, 9.17) is 4.74 Å². The van der Waals surface area contributed by atoms with E-state index in [1.807, 2.05) is 53.7 Å². The van der Waals surface area contributed by atoms with Gasteiger partial charge in [0, 0.05) is 30.0 Å². The third-order valence-corrected chi connectivity index (χ3v) is 7.74. The number of ether oxygens (including phenoxy) is 1. The van der Waals surface area contributed by atoms with Gasteiger partial charge in [0.1, 0.15) is 17.7 Å². The first-order valence-electron chi connectivity index (χ1n) is 14.5. The number of alkyl carbamates (subject to hydrolysis) is 1. The molecule has 220 valence electrons. The van der Waals surface area contributed by atoms with Crippen LogP contribution in [0.25, 0.3) is 0 Å². The van der Waals surface area contributed by atoms with E-state index >= 15 is 0 Å². The average molecular weight is 573 g/mol. The largest absolute Gasteiger partial charge is 0.442 e. The molecule has 0 spiro atoms. The molecule has 3 aliphatic rings. The molecule has 10 heteroatoms. The van der Waals surface area contributed by atoms with E-state index in [1.54, 1.807) is 17.4 Å². The highest BCUT2D eigenvalue weighted by Gasteiger charge is 2.39. The van der Waals surface area contributed by atoms with Crippen LogP contribution in [0.15, 0.2) is 18.2 Å². The number of hydrogen-bond acceptors (Lipinski definition) is 7. The summed E-state index contributed by atoms with van der Waals surface area (Å²) in [5, 5.41) is 5.83. The molecule has 1 fully saturated rings. The molecule has 4 amide bonds. The molecule has 2 aliphatic heterocycles. The van der Waals surface area contributed by atoms with Gasteiger partial charge in [0.2, 0.25) is 11.8 Å². The molecule has 1 aromatic carbocycles. The van der Waals surface area contributed by atoms with Gasteiger partial charge in [-0.05, 0) is 48.8 Å². The minimum atomic E-state index is -0.645. The van der Waals surface area contributed by atoms with Crippen LogP contribution in [0.1, 0.15) is 117 Å². The summed E-state index contributed by atoms with van der Waals surface area (Å²) in [5.41, 5.74) is 3.24. The van der Waals surface area contributed by atoms with Crippen LogP contribution < -0.4 is 10.6 Å². The predicted molar refractivity (Wildman–Crippen MR) is 157 cm³/mol. The van der Waals surface area contributed by atoms with Crippen LogP contribution >= 0.6 is 11.3 Å². The zero-order valence-corrected chi connectivity index (χ0v) is 25.7. The van der Waals surface area contributed by atoms with Crippen LogP contribution in [0.5, 0.6) is 0 Å². The van der Waals surface area contributed by atoms with E-state index in [2.05, 4.69) is 22.5 Å². The number of aryl methyl sites for hydroxylation is 1. The van der Waals surface area contributed by atoms with E-state index in [0.29, 0.717) is 24.4 Å². The molecular weight excluding hydrogens is 528 g/mol. The number of nitrogens with zero attached hydrogens (tertiary/aromatic N) is 2. The van der Waals surface area contributed by atoms with E-state index in [0.717, 1.165) is 34.7 Å². The van der Waals surface area contributed by atoms with Crippen LogP contribution in [0.2, 0.25) is 0 Å². The van der Waals surface area contributed by atoms with E-state index in [1.165, 1.54) is 16.2 Å². The number of rotatable bonds is 5. The predicted octanol–water partition coefficient (Wildman–Crippen LogP) is 5.85. The summed E-state index contributed by atoms with van der Waals surface area (Å²) < 4.78 is 5.34. The lowest BCUT2D eigenvalue weighted by molar-refractivity contribution is -0.136. The first-order chi connectivity index (χ1) is 19.4. The van der Waals surface area contributed by atoms with Gasteiger partial charge in [0.15, 0.2) is 0 Å². The molecule has 3 heterocycles. The number of benzene rings is 1. The third-order valence-electron chi connectivity index (χ3n) is 6.64. The lowest BCUT2D eigenvalue weighted by Crippen LogP contribution is -2.52. The van der Waals surface area contributed by atoms with Crippen molar-refractivity contribution in [3.05, 3.63) is 50.5 Å². The van der Waals surface area contributed by atoms with E-state index in [-0.39, 0.29) is 31.4 Å². The Kier molecular flexibility index (Phi) is 13.3. The second kappa shape index (κ2) is 16.1. The smallest absolute Gasteiger partial charge is 0.407 e. The van der Waals surface area contributed by atoms with Gasteiger partial charge in [-0.15, -0.1) is 11.3 Å². The van der Waals surface area contributed by atoms with Crippen molar-refractivity contribution >= 4 is 35.2 Å². The maximum Gasteiger partial charge on any atom is 0.407 e. The van der Waals surface area contributed by atoms with Gasteiger partial charge in [-0.3, -0.25) is 19.7 Å². The summed E-state index contributed by atoms with van der Waals surface area (Å²) in [5.74, 6) is -0.529. The number of piperidine rings is 1. The molecule has 1 aromatic heterocycles. The fourth-order valence-corrected chi connectivity index (χ4v) is 5.95. The lowest BCUT2D eigenvalue weighted by atomic mass is 9.93. The Morgan fingerprint density at radius 2 is 1.82 bits per heavy atom. The summed E-state index contributed by atoms with van der Waals surface area (Å²) in [7, 11) is 0. The highest BCUT2D eigenvalue weighted by molar-refractivity contribution is 7.11. The van der Waals surface area contributed by atoms with Crippen LogP contribution in [-0.2, 0) is 40.4 Å². The molecule has 0 saturated carbocycles. The Balaban J connectivity index is 0.000000876. The summed E-state index contributed by atoms with van der Waals surface area (Å²) in [6.07, 6.45) is 3.36. The minimum absolute atomic E-state index is 0.139. The van der Waals surface area contributed by atoms with Crippen LogP contribution in [0.3, 0.4) is 0 Å². The maximum absolute atomic E-state index is 12.9. The van der Waals surface area contributed by atoms with Crippen molar-refractivity contribution in [2.45, 2.75) is 112 Å². The summed E-state index contributed by atoms with van der Waals surface area (Å²) in [4.78, 5) is 56.2. The Hall–Kier alpha value is -3.27. The van der Waals surface area contributed by atoms with E-state index < -0.39 is 18.0 Å². The Bertz CT molecular complexity index is 1180. The maximum atomic E-state index is 12.9. The molecule has 2 atom stereocenters. The monoisotopic (exact) mass is 572 g/mol. The van der Waals surface area contributed by atoms with Gasteiger partial charge in [-0.1, -0.05) is 60.6 Å². The summed E-state index contributed by atoms with van der Waals surface area (Å²) in [6.45, 7) is 14.9. The van der Waals surface area contributed by atoms with E-state index in [9.17, 15) is 19.2 Å². The van der Waals surface area contributed by atoms with Gasteiger partial charge < -0.3 is 15.0 Å². The molecule has 1 saturated heterocycles. The molecule has 0 radical (unpaired) electrons. The number of amides is 4. The summed E-state index contributed by atoms with van der Waals surface area (Å²) >= 11 is 1.62. The van der Waals surface area contributed by atoms with Crippen molar-refractivity contribution in [1.29, 1.82) is 0 Å². The highest BCUT2D eigenvalue weighted by Crippen LogP contribution is 2.34. The quantitative estimate of drug-likeness (QED) is 0.434. The number of thiazole rings is 1. The first-order valence-corrected chi connectivity index (χ1v) is 15.4. The third kappa shape index (κ3) is 7.90. The van der Waals surface area contributed by atoms with Crippen molar-refractivity contribution in [2.75, 3.05) is 0 Å². The fourth-order valence-electron chi connectivity index (χ4n) is 4.81. The molecule has 2 N–H and O–H groups in total. The van der Waals surface area contributed by atoms with Crippen molar-refractivity contribution in [2.24, 2.45) is 0 Å². The number of fused-ring (bicyclic) bond motifs is 2. The molecular formula is C30H44N4O5S. The number of nitrogens with one attached hydrogen (secondary N) is 2. The van der Waals surface area contributed by atoms with Gasteiger partial charge in [-0.25, -0.2) is 9.78 Å². The number of carbonyl (C=O) groups is 4. The molecule has 2 aromatic rings. The lowest BCUT2D eigenvalue weighted by Gasteiger charge is -2.29. The highest BCUT2D eigenvalue weighted by atomic mass is 32.1. The van der Waals surface area contributed by atoms with Crippen molar-refractivity contribution in [3.63, 3.8) is 0 Å². The minimum Gasteiger partial charge on any atom is -0.442 e. The molecule has 9 nitrogen and oxygen atoms in total. The Morgan fingerprint density at radius 1 is 1.10 bits per heavy atom. The zero-order chi connectivity index (χ0) is 29.8. The number of hydrogen-bond donors (Lipinski definition) is 2. The van der Waals surface area contributed by atoms with Crippen LogP contribution in [0, 0.1) is 0 Å². The molecule has 0 bridgehead atoms. The van der Waals surface area contributed by atoms with Crippen molar-refractivity contribution in [3.8, 4) is 0 Å². The SMILES string of the molecule is CC.CC.CC.CC1CCCc2sc(COC(=O)NCc3ccc4c(c3)C(=O)N(C3CCC(=O)NC3=O)C4)nc21. The normalized spacial score (nSPS) is 18.9. The second-order valence-corrected chi connectivity index (χ2v) is 10.2. The first kappa shape index (κ1) is 32.9. The van der Waals surface area contributed by atoms with Gasteiger partial charge in [0.25, 0.3) is 5.91 Å². The van der Waals surface area contributed by atoms with Gasteiger partial charge in [0.05, 0.1) is 5.69 Å². The van der Waals surface area contributed by atoms with Crippen LogP contribution in [-0.4, -0.2) is 39.7 Å². The van der Waals surface area contributed by atoms with Crippen molar-refractivity contribution in [1.82, 2.24) is 20.5 Å². The summed E-state index contributed by atoms with van der Waals surface area (Å²) in [6, 6.07) is 4.77. The number of imide groups is 1. The fraction of sp³-hybridized carbons (Fsp3) is 0.567. The average Bonchev–Trinajstić information content (AvgIpc) is 3.55. The number of aromatic nitrogens is 1. The topological polar surface area (TPSA) is 118 Å². The zero-order valence-electron chi connectivity index (χ0n) is 24.9. The van der Waals surface area contributed by atoms with Crippen molar-refractivity contribution < 1.29 is 23.9 Å².